The van der Waals surface area contributed by atoms with Gasteiger partial charge < -0.3 is 14.5 Å². The van der Waals surface area contributed by atoms with Crippen molar-refractivity contribution in [3.63, 3.8) is 0 Å². The number of rotatable bonds is 4. The average Bonchev–Trinajstić information content (AvgIpc) is 2.53. The summed E-state index contributed by atoms with van der Waals surface area (Å²) in [5.41, 5.74) is 0.542. The van der Waals surface area contributed by atoms with Crippen molar-refractivity contribution < 1.29 is 14.3 Å². The number of hydrogen-bond donors (Lipinski definition) is 0. The monoisotopic (exact) mass is 380 g/mol. The second kappa shape index (κ2) is 8.76. The largest absolute Gasteiger partial charge is 0.444 e. The molecule has 0 N–H and O–H groups in total. The predicted molar refractivity (Wildman–Crippen MR) is 103 cm³/mol. The lowest BCUT2D eigenvalue weighted by molar-refractivity contribution is -0.131. The van der Waals surface area contributed by atoms with Crippen LogP contribution in [0.4, 0.5) is 4.79 Å². The molecule has 0 atom stereocenters. The number of hydrogen-bond acceptors (Lipinski definition) is 3. The van der Waals surface area contributed by atoms with Crippen LogP contribution in [0.5, 0.6) is 0 Å². The first kappa shape index (κ1) is 20.6. The van der Waals surface area contributed by atoms with Crippen LogP contribution in [-0.4, -0.2) is 47.5 Å². The van der Waals surface area contributed by atoms with Crippen LogP contribution in [0, 0.1) is 5.92 Å². The van der Waals surface area contributed by atoms with Gasteiger partial charge in [-0.1, -0.05) is 23.7 Å². The molecule has 0 aliphatic carbocycles. The Balaban J connectivity index is 1.77. The molecule has 26 heavy (non-hydrogen) atoms. The molecule has 0 unspecified atom stereocenters. The van der Waals surface area contributed by atoms with Gasteiger partial charge in [-0.3, -0.25) is 4.79 Å². The minimum absolute atomic E-state index is 0.126. The zero-order chi connectivity index (χ0) is 19.3. The van der Waals surface area contributed by atoms with Gasteiger partial charge in [0.2, 0.25) is 5.91 Å². The van der Waals surface area contributed by atoms with E-state index in [1.807, 2.05) is 52.1 Å². The van der Waals surface area contributed by atoms with E-state index in [1.54, 1.807) is 9.80 Å². The number of likely N-dealkylation sites (tertiary alicyclic amines) is 1. The molecule has 144 valence electrons. The van der Waals surface area contributed by atoms with Crippen LogP contribution in [-0.2, 0) is 16.1 Å². The second-order valence-corrected chi connectivity index (χ2v) is 8.43. The highest BCUT2D eigenvalue weighted by atomic mass is 35.5. The van der Waals surface area contributed by atoms with Crippen molar-refractivity contribution in [2.45, 2.75) is 52.2 Å². The molecule has 0 aromatic heterocycles. The van der Waals surface area contributed by atoms with Crippen LogP contribution in [0.2, 0.25) is 5.02 Å². The van der Waals surface area contributed by atoms with Crippen molar-refractivity contribution in [1.82, 2.24) is 9.80 Å². The molecule has 2 rings (SSSR count). The van der Waals surface area contributed by atoms with Gasteiger partial charge in [0.1, 0.15) is 5.60 Å². The van der Waals surface area contributed by atoms with E-state index in [4.69, 9.17) is 16.3 Å². The number of nitrogens with zero attached hydrogens (tertiary/aromatic N) is 2. The van der Waals surface area contributed by atoms with Gasteiger partial charge in [0.15, 0.2) is 0 Å². The van der Waals surface area contributed by atoms with Crippen molar-refractivity contribution >= 4 is 23.6 Å². The first-order valence-electron chi connectivity index (χ1n) is 9.10. The third-order valence-corrected chi connectivity index (χ3v) is 4.70. The Kier molecular flexibility index (Phi) is 6.93. The molecular formula is C20H29ClN2O3. The van der Waals surface area contributed by atoms with Crippen LogP contribution in [0.15, 0.2) is 24.3 Å². The Morgan fingerprint density at radius 1 is 1.27 bits per heavy atom. The molecule has 0 spiro atoms. The van der Waals surface area contributed by atoms with Crippen LogP contribution < -0.4 is 0 Å². The summed E-state index contributed by atoms with van der Waals surface area (Å²) in [6, 6.07) is 7.56. The van der Waals surface area contributed by atoms with Gasteiger partial charge in [0.25, 0.3) is 0 Å². The molecule has 2 amide bonds. The fourth-order valence-corrected chi connectivity index (χ4v) is 3.26. The molecule has 0 radical (unpaired) electrons. The summed E-state index contributed by atoms with van der Waals surface area (Å²) in [6.07, 6.45) is 1.91. The molecule has 6 heteroatoms. The lowest BCUT2D eigenvalue weighted by Crippen LogP contribution is -2.42. The summed E-state index contributed by atoms with van der Waals surface area (Å²) in [6.45, 7) is 7.44. The Morgan fingerprint density at radius 3 is 2.50 bits per heavy atom. The maximum Gasteiger partial charge on any atom is 0.410 e. The Hall–Kier alpha value is -1.75. The molecule has 5 nitrogen and oxygen atoms in total. The number of carbonyl (C=O) groups excluding carboxylic acids is 2. The van der Waals surface area contributed by atoms with E-state index >= 15 is 0 Å². The smallest absolute Gasteiger partial charge is 0.410 e. The highest BCUT2D eigenvalue weighted by molar-refractivity contribution is 6.30. The first-order valence-corrected chi connectivity index (χ1v) is 9.48. The first-order chi connectivity index (χ1) is 12.1. The third kappa shape index (κ3) is 6.52. The SMILES string of the molecule is CN(Cc1cccc(Cl)c1)C(=O)CC1CCN(C(=O)OC(C)(C)C)CC1. The molecule has 1 saturated heterocycles. The second-order valence-electron chi connectivity index (χ2n) is 7.99. The van der Waals surface area contributed by atoms with Crippen molar-refractivity contribution in [3.8, 4) is 0 Å². The van der Waals surface area contributed by atoms with Crippen LogP contribution in [0.25, 0.3) is 0 Å². The highest BCUT2D eigenvalue weighted by Gasteiger charge is 2.28. The Morgan fingerprint density at radius 2 is 1.92 bits per heavy atom. The van der Waals surface area contributed by atoms with Gasteiger partial charge in [-0.05, 0) is 57.2 Å². The summed E-state index contributed by atoms with van der Waals surface area (Å²) in [5, 5.41) is 0.679. The van der Waals surface area contributed by atoms with Gasteiger partial charge >= 0.3 is 6.09 Å². The topological polar surface area (TPSA) is 49.9 Å². The maximum absolute atomic E-state index is 12.5. The number of ether oxygens (including phenoxy) is 1. The summed E-state index contributed by atoms with van der Waals surface area (Å²) < 4.78 is 5.41. The zero-order valence-electron chi connectivity index (χ0n) is 16.1. The molecule has 1 aliphatic heterocycles. The standard InChI is InChI=1S/C20H29ClN2O3/c1-20(2,3)26-19(25)23-10-8-15(9-11-23)13-18(24)22(4)14-16-6-5-7-17(21)12-16/h5-7,12,15H,8-11,13-14H2,1-4H3. The van der Waals surface area contributed by atoms with Crippen molar-refractivity contribution in [1.29, 1.82) is 0 Å². The lowest BCUT2D eigenvalue weighted by atomic mass is 9.93. The van der Waals surface area contributed by atoms with E-state index in [1.165, 1.54) is 0 Å². The van der Waals surface area contributed by atoms with Crippen molar-refractivity contribution in [2.24, 2.45) is 5.92 Å². The van der Waals surface area contributed by atoms with Gasteiger partial charge in [-0.2, -0.15) is 0 Å². The number of piperidine rings is 1. The van der Waals surface area contributed by atoms with Crippen molar-refractivity contribution in [3.05, 3.63) is 34.9 Å². The average molecular weight is 381 g/mol. The van der Waals surface area contributed by atoms with E-state index in [-0.39, 0.29) is 12.0 Å². The van der Waals surface area contributed by atoms with Crippen LogP contribution in [0.3, 0.4) is 0 Å². The molecule has 0 saturated carbocycles. The fourth-order valence-electron chi connectivity index (χ4n) is 3.05. The highest BCUT2D eigenvalue weighted by Crippen LogP contribution is 2.23. The minimum Gasteiger partial charge on any atom is -0.444 e. The van der Waals surface area contributed by atoms with E-state index in [0.717, 1.165) is 18.4 Å². The van der Waals surface area contributed by atoms with E-state index < -0.39 is 5.60 Å². The lowest BCUT2D eigenvalue weighted by Gasteiger charge is -2.33. The molecule has 1 aliphatic rings. The number of halogens is 1. The van der Waals surface area contributed by atoms with Gasteiger partial charge in [0, 0.05) is 38.1 Å². The molecule has 0 bridgehead atoms. The summed E-state index contributed by atoms with van der Waals surface area (Å²) in [5.74, 6) is 0.434. The molecule has 1 heterocycles. The van der Waals surface area contributed by atoms with E-state index in [0.29, 0.717) is 37.0 Å². The number of amides is 2. The fraction of sp³-hybridized carbons (Fsp3) is 0.600. The maximum atomic E-state index is 12.5. The van der Waals surface area contributed by atoms with Crippen LogP contribution in [0.1, 0.15) is 45.6 Å². The third-order valence-electron chi connectivity index (χ3n) is 4.46. The molecule has 1 fully saturated rings. The summed E-state index contributed by atoms with van der Waals surface area (Å²) in [4.78, 5) is 28.1. The van der Waals surface area contributed by atoms with Crippen molar-refractivity contribution in [2.75, 3.05) is 20.1 Å². The normalized spacial score (nSPS) is 15.7. The van der Waals surface area contributed by atoms with Gasteiger partial charge in [-0.15, -0.1) is 0 Å². The Bertz CT molecular complexity index is 634. The minimum atomic E-state index is -0.479. The number of carbonyl (C=O) groups is 2. The van der Waals surface area contributed by atoms with Gasteiger partial charge in [0.05, 0.1) is 0 Å². The summed E-state index contributed by atoms with van der Waals surface area (Å²) >= 11 is 6.00. The number of benzene rings is 1. The molecule has 1 aromatic rings. The van der Waals surface area contributed by atoms with Gasteiger partial charge in [-0.25, -0.2) is 4.79 Å². The Labute approximate surface area is 161 Å². The summed E-state index contributed by atoms with van der Waals surface area (Å²) in [7, 11) is 1.82. The molecular weight excluding hydrogens is 352 g/mol. The van der Waals surface area contributed by atoms with E-state index in [9.17, 15) is 9.59 Å². The van der Waals surface area contributed by atoms with Crippen LogP contribution >= 0.6 is 11.6 Å². The molecule has 1 aromatic carbocycles. The predicted octanol–water partition coefficient (Wildman–Crippen LogP) is 4.34. The quantitative estimate of drug-likeness (QED) is 0.780. The van der Waals surface area contributed by atoms with E-state index in [2.05, 4.69) is 0 Å². The zero-order valence-corrected chi connectivity index (χ0v) is 16.9.